The summed E-state index contributed by atoms with van der Waals surface area (Å²) in [6.07, 6.45) is 5.58. The van der Waals surface area contributed by atoms with Crippen LogP contribution in [0.5, 0.6) is 0 Å². The first-order valence-electron chi connectivity index (χ1n) is 9.16. The first kappa shape index (κ1) is 20.7. The maximum atomic E-state index is 12.5. The van der Waals surface area contributed by atoms with Gasteiger partial charge in [0.25, 0.3) is 0 Å². The Morgan fingerprint density at radius 1 is 1.22 bits per heavy atom. The second-order valence-corrected chi connectivity index (χ2v) is 7.60. The van der Waals surface area contributed by atoms with Crippen LogP contribution in [0.15, 0.2) is 0 Å². The molecule has 5 heteroatoms. The molecule has 0 saturated carbocycles. The van der Waals surface area contributed by atoms with Gasteiger partial charge in [0.05, 0.1) is 6.10 Å². The highest BCUT2D eigenvalue weighted by Crippen LogP contribution is 2.24. The normalized spacial score (nSPS) is 24.3. The van der Waals surface area contributed by atoms with E-state index in [-0.39, 0.29) is 12.4 Å². The molecule has 2 saturated heterocycles. The lowest BCUT2D eigenvalue weighted by molar-refractivity contribution is -0.135. The molecule has 136 valence electrons. The molecule has 0 bridgehead atoms. The lowest BCUT2D eigenvalue weighted by Crippen LogP contribution is -2.42. The molecule has 2 fully saturated rings. The van der Waals surface area contributed by atoms with Gasteiger partial charge in [-0.25, -0.2) is 0 Å². The standard InChI is InChI=1S/C18H34N2O2.ClH/c1-14(2)13-22-17-6-9-20(10-7-17)18(21)11-15(3)16-5-4-8-19-12-16;/h14-17,19H,4-13H2,1-3H3;1H. The van der Waals surface area contributed by atoms with Crippen molar-refractivity contribution in [1.82, 2.24) is 10.2 Å². The Labute approximate surface area is 148 Å². The average molecular weight is 347 g/mol. The van der Waals surface area contributed by atoms with Gasteiger partial charge >= 0.3 is 0 Å². The van der Waals surface area contributed by atoms with Crippen molar-refractivity contribution < 1.29 is 9.53 Å². The number of likely N-dealkylation sites (tertiary alicyclic amines) is 1. The summed E-state index contributed by atoms with van der Waals surface area (Å²) in [5.41, 5.74) is 0. The summed E-state index contributed by atoms with van der Waals surface area (Å²) in [5, 5.41) is 3.46. The van der Waals surface area contributed by atoms with E-state index in [1.54, 1.807) is 0 Å². The molecule has 0 spiro atoms. The predicted molar refractivity (Wildman–Crippen MR) is 97.0 cm³/mol. The van der Waals surface area contributed by atoms with E-state index in [0.717, 1.165) is 45.6 Å². The SMILES string of the molecule is CC(C)COC1CCN(C(=O)CC(C)C2CCCNC2)CC1.Cl. The molecule has 2 atom stereocenters. The van der Waals surface area contributed by atoms with Crippen LogP contribution < -0.4 is 5.32 Å². The Balaban J connectivity index is 0.00000264. The summed E-state index contributed by atoms with van der Waals surface area (Å²) in [6, 6.07) is 0. The lowest BCUT2D eigenvalue weighted by atomic mass is 9.85. The van der Waals surface area contributed by atoms with E-state index in [2.05, 4.69) is 31.0 Å². The van der Waals surface area contributed by atoms with Crippen molar-refractivity contribution in [3.05, 3.63) is 0 Å². The smallest absolute Gasteiger partial charge is 0.222 e. The molecule has 0 aromatic heterocycles. The van der Waals surface area contributed by atoms with E-state index in [9.17, 15) is 4.79 Å². The van der Waals surface area contributed by atoms with Gasteiger partial charge in [-0.05, 0) is 56.5 Å². The molecule has 0 aromatic rings. The van der Waals surface area contributed by atoms with Crippen molar-refractivity contribution in [3.8, 4) is 0 Å². The zero-order valence-corrected chi connectivity index (χ0v) is 15.9. The number of hydrogen-bond acceptors (Lipinski definition) is 3. The van der Waals surface area contributed by atoms with Gasteiger partial charge in [0.2, 0.25) is 5.91 Å². The van der Waals surface area contributed by atoms with Gasteiger partial charge in [-0.3, -0.25) is 4.79 Å². The van der Waals surface area contributed by atoms with Gasteiger partial charge in [-0.1, -0.05) is 20.8 Å². The van der Waals surface area contributed by atoms with Crippen LogP contribution in [0, 0.1) is 17.8 Å². The maximum absolute atomic E-state index is 12.5. The fourth-order valence-electron chi connectivity index (χ4n) is 3.54. The monoisotopic (exact) mass is 346 g/mol. The van der Waals surface area contributed by atoms with E-state index < -0.39 is 0 Å². The van der Waals surface area contributed by atoms with E-state index in [4.69, 9.17) is 4.74 Å². The van der Waals surface area contributed by atoms with Gasteiger partial charge in [0, 0.05) is 26.1 Å². The quantitative estimate of drug-likeness (QED) is 0.803. The second-order valence-electron chi connectivity index (χ2n) is 7.60. The number of hydrogen-bond donors (Lipinski definition) is 1. The zero-order valence-electron chi connectivity index (χ0n) is 15.1. The summed E-state index contributed by atoms with van der Waals surface area (Å²) >= 11 is 0. The number of nitrogens with one attached hydrogen (secondary N) is 1. The Kier molecular flexibility index (Phi) is 9.48. The van der Waals surface area contributed by atoms with Crippen LogP contribution in [0.2, 0.25) is 0 Å². The fraction of sp³-hybridized carbons (Fsp3) is 0.944. The summed E-state index contributed by atoms with van der Waals surface area (Å²) < 4.78 is 5.90. The summed E-state index contributed by atoms with van der Waals surface area (Å²) in [6.45, 7) is 11.4. The number of halogens is 1. The van der Waals surface area contributed by atoms with Crippen LogP contribution in [0.3, 0.4) is 0 Å². The number of carbonyl (C=O) groups excluding carboxylic acids is 1. The Morgan fingerprint density at radius 2 is 1.91 bits per heavy atom. The van der Waals surface area contributed by atoms with E-state index >= 15 is 0 Å². The Bertz CT molecular complexity index is 338. The molecule has 2 aliphatic heterocycles. The third-order valence-electron chi connectivity index (χ3n) is 5.10. The third kappa shape index (κ3) is 6.98. The molecule has 23 heavy (non-hydrogen) atoms. The zero-order chi connectivity index (χ0) is 15.9. The molecule has 4 nitrogen and oxygen atoms in total. The number of amides is 1. The highest BCUT2D eigenvalue weighted by molar-refractivity contribution is 5.85. The number of ether oxygens (including phenoxy) is 1. The van der Waals surface area contributed by atoms with Crippen molar-refractivity contribution in [2.45, 2.75) is 59.0 Å². The second kappa shape index (κ2) is 10.5. The minimum Gasteiger partial charge on any atom is -0.378 e. The predicted octanol–water partition coefficient (Wildman–Crippen LogP) is 3.10. The van der Waals surface area contributed by atoms with Crippen LogP contribution >= 0.6 is 12.4 Å². The molecule has 0 aromatic carbocycles. The van der Waals surface area contributed by atoms with Gasteiger partial charge in [-0.15, -0.1) is 12.4 Å². The van der Waals surface area contributed by atoms with E-state index in [1.165, 1.54) is 12.8 Å². The van der Waals surface area contributed by atoms with Crippen molar-refractivity contribution in [2.75, 3.05) is 32.8 Å². The molecule has 0 aliphatic carbocycles. The molecule has 2 heterocycles. The van der Waals surface area contributed by atoms with Crippen LogP contribution in [0.1, 0.15) is 52.9 Å². The third-order valence-corrected chi connectivity index (χ3v) is 5.10. The van der Waals surface area contributed by atoms with Crippen molar-refractivity contribution in [1.29, 1.82) is 0 Å². The summed E-state index contributed by atoms with van der Waals surface area (Å²) in [4.78, 5) is 14.5. The van der Waals surface area contributed by atoms with Crippen molar-refractivity contribution >= 4 is 18.3 Å². The molecule has 2 unspecified atom stereocenters. The van der Waals surface area contributed by atoms with Crippen LogP contribution in [-0.2, 0) is 9.53 Å². The molecule has 1 amide bonds. The van der Waals surface area contributed by atoms with Crippen molar-refractivity contribution in [3.63, 3.8) is 0 Å². The number of piperidine rings is 2. The van der Waals surface area contributed by atoms with Gasteiger partial charge in [0.1, 0.15) is 0 Å². The van der Waals surface area contributed by atoms with E-state index in [1.807, 2.05) is 0 Å². The highest BCUT2D eigenvalue weighted by Gasteiger charge is 2.27. The Hall–Kier alpha value is -0.320. The van der Waals surface area contributed by atoms with E-state index in [0.29, 0.717) is 36.2 Å². The first-order valence-corrected chi connectivity index (χ1v) is 9.16. The fourth-order valence-corrected chi connectivity index (χ4v) is 3.54. The minimum atomic E-state index is 0. The van der Waals surface area contributed by atoms with Gasteiger partial charge in [-0.2, -0.15) is 0 Å². The topological polar surface area (TPSA) is 41.6 Å². The molecular formula is C18H35ClN2O2. The molecule has 2 rings (SSSR count). The maximum Gasteiger partial charge on any atom is 0.222 e. The summed E-state index contributed by atoms with van der Waals surface area (Å²) in [5.74, 6) is 2.10. The highest BCUT2D eigenvalue weighted by atomic mass is 35.5. The largest absolute Gasteiger partial charge is 0.378 e. The molecule has 1 N–H and O–H groups in total. The van der Waals surface area contributed by atoms with Gasteiger partial charge in [0.15, 0.2) is 0 Å². The molecule has 0 radical (unpaired) electrons. The van der Waals surface area contributed by atoms with Crippen LogP contribution in [-0.4, -0.2) is 49.7 Å². The number of carbonyl (C=O) groups is 1. The van der Waals surface area contributed by atoms with Crippen LogP contribution in [0.25, 0.3) is 0 Å². The van der Waals surface area contributed by atoms with Crippen LogP contribution in [0.4, 0.5) is 0 Å². The molecule has 2 aliphatic rings. The first-order chi connectivity index (χ1) is 10.6. The number of nitrogens with zero attached hydrogens (tertiary/aromatic N) is 1. The lowest BCUT2D eigenvalue weighted by Gasteiger charge is -2.34. The van der Waals surface area contributed by atoms with Crippen molar-refractivity contribution in [2.24, 2.45) is 17.8 Å². The Morgan fingerprint density at radius 3 is 2.48 bits per heavy atom. The minimum absolute atomic E-state index is 0. The van der Waals surface area contributed by atoms with Gasteiger partial charge < -0.3 is 15.0 Å². The summed E-state index contributed by atoms with van der Waals surface area (Å²) in [7, 11) is 0. The average Bonchev–Trinajstić information content (AvgIpc) is 2.54. The molecular weight excluding hydrogens is 312 g/mol. The number of rotatable bonds is 6.